The van der Waals surface area contributed by atoms with Crippen LogP contribution in [0.4, 0.5) is 0 Å². The van der Waals surface area contributed by atoms with Crippen molar-refractivity contribution in [2.24, 2.45) is 0 Å². The van der Waals surface area contributed by atoms with E-state index in [1.165, 1.54) is 48.7 Å². The second-order valence-electron chi connectivity index (χ2n) is 14.9. The number of nitrogens with zero attached hydrogens (tertiary/aromatic N) is 4. The Morgan fingerprint density at radius 2 is 1.04 bits per heavy atom. The molecular weight excluding hydrogens is 697 g/mol. The third-order valence-electron chi connectivity index (χ3n) is 11.9. The van der Waals surface area contributed by atoms with Gasteiger partial charge in [0.15, 0.2) is 5.82 Å². The van der Waals surface area contributed by atoms with Gasteiger partial charge in [0, 0.05) is 49.0 Å². The minimum absolute atomic E-state index is 0.768. The number of fused-ring (bicyclic) bond motifs is 14. The van der Waals surface area contributed by atoms with E-state index < -0.39 is 0 Å². The van der Waals surface area contributed by atoms with Crippen LogP contribution in [-0.2, 0) is 0 Å². The third kappa shape index (κ3) is 4.28. The molecule has 0 atom stereocenters. The summed E-state index contributed by atoms with van der Waals surface area (Å²) in [6.45, 7) is 0. The van der Waals surface area contributed by atoms with Gasteiger partial charge in [-0.05, 0) is 70.8 Å². The van der Waals surface area contributed by atoms with Crippen molar-refractivity contribution in [3.63, 3.8) is 0 Å². The molecular formula is C52H30N4O. The van der Waals surface area contributed by atoms with Gasteiger partial charge in [0.2, 0.25) is 0 Å². The molecule has 0 saturated carbocycles. The van der Waals surface area contributed by atoms with Crippen molar-refractivity contribution in [3.05, 3.63) is 182 Å². The maximum Gasteiger partial charge on any atom is 0.165 e. The average molecular weight is 727 g/mol. The first-order chi connectivity index (χ1) is 28.3. The second-order valence-corrected chi connectivity index (χ2v) is 14.9. The Morgan fingerprint density at radius 1 is 0.386 bits per heavy atom. The number of hydrogen-bond acceptors (Lipinski definition) is 3. The molecule has 0 aliphatic heterocycles. The normalized spacial score (nSPS) is 12.2. The van der Waals surface area contributed by atoms with Gasteiger partial charge < -0.3 is 8.98 Å². The molecule has 0 radical (unpaired) electrons. The lowest BCUT2D eigenvalue weighted by molar-refractivity contribution is 0.669. The summed E-state index contributed by atoms with van der Waals surface area (Å²) in [7, 11) is 0. The van der Waals surface area contributed by atoms with Gasteiger partial charge >= 0.3 is 0 Å². The van der Waals surface area contributed by atoms with Gasteiger partial charge in [0.1, 0.15) is 16.9 Å². The van der Waals surface area contributed by atoms with E-state index in [2.05, 4.69) is 161 Å². The smallest absolute Gasteiger partial charge is 0.165 e. The van der Waals surface area contributed by atoms with Crippen LogP contribution in [0, 0.1) is 0 Å². The number of furan rings is 1. The maximum atomic E-state index is 6.42. The standard InChI is InChI=1S/C52H30N4O/c1-3-13-35-31(11-1)23-28-45-49(35)41-27-24-34(55-44-19-9-5-15-37(44)40-26-21-32-12-2-4-14-36(32)51(40)55)30-46(41)56(45)52-50(53-42-17-7-8-18-43(42)54-52)33-22-25-39-38-16-6-10-20-47(38)57-48(39)29-33/h1-30H. The Balaban J connectivity index is 1.17. The number of para-hydroxylation sites is 4. The van der Waals surface area contributed by atoms with Crippen molar-refractivity contribution in [2.75, 3.05) is 0 Å². The molecule has 0 unspecified atom stereocenters. The van der Waals surface area contributed by atoms with E-state index in [1.807, 2.05) is 30.3 Å². The van der Waals surface area contributed by atoms with Crippen LogP contribution in [-0.4, -0.2) is 19.1 Å². The first-order valence-corrected chi connectivity index (χ1v) is 19.3. The van der Waals surface area contributed by atoms with Crippen molar-refractivity contribution in [1.29, 1.82) is 0 Å². The maximum absolute atomic E-state index is 6.42. The Morgan fingerprint density at radius 3 is 1.91 bits per heavy atom. The number of aromatic nitrogens is 4. The minimum atomic E-state index is 0.768. The van der Waals surface area contributed by atoms with Gasteiger partial charge in [-0.3, -0.25) is 4.57 Å². The molecule has 264 valence electrons. The quantitative estimate of drug-likeness (QED) is 0.182. The van der Waals surface area contributed by atoms with Crippen LogP contribution in [0.1, 0.15) is 0 Å². The fourth-order valence-corrected chi connectivity index (χ4v) is 9.35. The summed E-state index contributed by atoms with van der Waals surface area (Å²) < 4.78 is 11.2. The summed E-state index contributed by atoms with van der Waals surface area (Å²) in [4.78, 5) is 10.9. The Hall–Kier alpha value is -7.76. The predicted molar refractivity (Wildman–Crippen MR) is 236 cm³/mol. The molecule has 0 N–H and O–H groups in total. The Kier molecular flexibility index (Phi) is 6.10. The van der Waals surface area contributed by atoms with Gasteiger partial charge in [-0.1, -0.05) is 127 Å². The van der Waals surface area contributed by atoms with Crippen LogP contribution in [0.5, 0.6) is 0 Å². The SMILES string of the molecule is c1ccc2c(c1)ccc1c2c2ccc(-n3c4ccccc4c4ccc5ccccc5c43)cc2n1-c1nc2ccccc2nc1-c1ccc2c(c1)oc1ccccc12. The largest absolute Gasteiger partial charge is 0.456 e. The van der Waals surface area contributed by atoms with Crippen molar-refractivity contribution in [1.82, 2.24) is 19.1 Å². The highest BCUT2D eigenvalue weighted by Crippen LogP contribution is 2.42. The first-order valence-electron chi connectivity index (χ1n) is 19.3. The van der Waals surface area contributed by atoms with Crippen LogP contribution < -0.4 is 0 Å². The molecule has 57 heavy (non-hydrogen) atoms. The van der Waals surface area contributed by atoms with E-state index in [1.54, 1.807) is 0 Å². The lowest BCUT2D eigenvalue weighted by atomic mass is 10.0. The molecule has 0 amide bonds. The van der Waals surface area contributed by atoms with Crippen molar-refractivity contribution < 1.29 is 4.42 Å². The van der Waals surface area contributed by atoms with E-state index in [4.69, 9.17) is 14.4 Å². The van der Waals surface area contributed by atoms with Crippen LogP contribution in [0.15, 0.2) is 186 Å². The molecule has 0 saturated heterocycles. The lowest BCUT2D eigenvalue weighted by Crippen LogP contribution is -2.04. The lowest BCUT2D eigenvalue weighted by Gasteiger charge is -2.15. The van der Waals surface area contributed by atoms with E-state index >= 15 is 0 Å². The van der Waals surface area contributed by atoms with Crippen LogP contribution in [0.3, 0.4) is 0 Å². The first kappa shape index (κ1) is 30.6. The summed E-state index contributed by atoms with van der Waals surface area (Å²) in [5.74, 6) is 0.768. The van der Waals surface area contributed by atoms with Gasteiger partial charge in [0.25, 0.3) is 0 Å². The Labute approximate surface area is 325 Å². The summed E-state index contributed by atoms with van der Waals surface area (Å²) in [6.07, 6.45) is 0. The van der Waals surface area contributed by atoms with Crippen molar-refractivity contribution >= 4 is 98.1 Å². The molecule has 0 spiro atoms. The summed E-state index contributed by atoms with van der Waals surface area (Å²) >= 11 is 0. The van der Waals surface area contributed by atoms with Gasteiger partial charge in [-0.2, -0.15) is 0 Å². The fourth-order valence-electron chi connectivity index (χ4n) is 9.35. The third-order valence-corrected chi connectivity index (χ3v) is 11.9. The number of benzene rings is 9. The molecule has 4 heterocycles. The zero-order valence-corrected chi connectivity index (χ0v) is 30.5. The van der Waals surface area contributed by atoms with Crippen molar-refractivity contribution in [3.8, 4) is 22.8 Å². The molecule has 13 rings (SSSR count). The molecule has 9 aromatic carbocycles. The summed E-state index contributed by atoms with van der Waals surface area (Å²) in [5.41, 5.74) is 10.7. The molecule has 0 bridgehead atoms. The zero-order valence-electron chi connectivity index (χ0n) is 30.5. The molecule has 4 aromatic heterocycles. The van der Waals surface area contributed by atoms with E-state index in [0.29, 0.717) is 0 Å². The topological polar surface area (TPSA) is 48.8 Å². The molecule has 13 aromatic rings. The van der Waals surface area contributed by atoms with Crippen LogP contribution in [0.2, 0.25) is 0 Å². The molecule has 5 nitrogen and oxygen atoms in total. The summed E-state index contributed by atoms with van der Waals surface area (Å²) in [5, 5.41) is 11.8. The molecule has 0 aliphatic carbocycles. The fraction of sp³-hybridized carbons (Fsp3) is 0. The summed E-state index contributed by atoms with van der Waals surface area (Å²) in [6, 6.07) is 64.8. The minimum Gasteiger partial charge on any atom is -0.456 e. The molecule has 0 fully saturated rings. The van der Waals surface area contributed by atoms with E-state index in [-0.39, 0.29) is 0 Å². The monoisotopic (exact) mass is 726 g/mol. The average Bonchev–Trinajstić information content (AvgIpc) is 3.93. The highest BCUT2D eigenvalue weighted by Gasteiger charge is 2.23. The number of hydrogen-bond donors (Lipinski definition) is 0. The van der Waals surface area contributed by atoms with Gasteiger partial charge in [0.05, 0.1) is 33.1 Å². The van der Waals surface area contributed by atoms with Crippen LogP contribution in [0.25, 0.3) is 121 Å². The van der Waals surface area contributed by atoms with Crippen LogP contribution >= 0.6 is 0 Å². The van der Waals surface area contributed by atoms with Gasteiger partial charge in [-0.15, -0.1) is 0 Å². The zero-order chi connectivity index (χ0) is 37.2. The van der Waals surface area contributed by atoms with Gasteiger partial charge in [-0.25, -0.2) is 9.97 Å². The molecule has 0 aliphatic rings. The van der Waals surface area contributed by atoms with Crippen molar-refractivity contribution in [2.45, 2.75) is 0 Å². The highest BCUT2D eigenvalue weighted by atomic mass is 16.3. The highest BCUT2D eigenvalue weighted by molar-refractivity contribution is 6.23. The predicted octanol–water partition coefficient (Wildman–Crippen LogP) is 13.7. The molecule has 5 heteroatoms. The second kappa shape index (κ2) is 11.4. The Bertz CT molecular complexity index is 3830. The van der Waals surface area contributed by atoms with E-state index in [9.17, 15) is 0 Å². The van der Waals surface area contributed by atoms with E-state index in [0.717, 1.165) is 72.2 Å². The number of rotatable bonds is 3.